The van der Waals surface area contributed by atoms with Crippen LogP contribution in [0.5, 0.6) is 0 Å². The van der Waals surface area contributed by atoms with Gasteiger partial charge in [-0.3, -0.25) is 0 Å². The number of aldehydes is 1. The van der Waals surface area contributed by atoms with E-state index in [1.54, 1.807) is 0 Å². The van der Waals surface area contributed by atoms with Crippen molar-refractivity contribution in [2.45, 2.75) is 6.42 Å². The Morgan fingerprint density at radius 1 is 0.857 bits per heavy atom. The van der Waals surface area contributed by atoms with E-state index in [4.69, 9.17) is 19.9 Å². The highest BCUT2D eigenvalue weighted by molar-refractivity contribution is 5.49. The summed E-state index contributed by atoms with van der Waals surface area (Å²) in [5, 5.41) is 0. The van der Waals surface area contributed by atoms with Crippen LogP contribution in [0.3, 0.4) is 0 Å². The summed E-state index contributed by atoms with van der Waals surface area (Å²) in [6, 6.07) is 0. The van der Waals surface area contributed by atoms with E-state index in [-0.39, 0.29) is 0 Å². The van der Waals surface area contributed by atoms with Gasteiger partial charge in [0.25, 0.3) is 0 Å². The number of carbonyl (C=O) groups is 1. The molecule has 0 spiro atoms. The number of nitrogens with two attached hydrogens (primary N) is 1. The summed E-state index contributed by atoms with van der Waals surface area (Å²) in [5.41, 5.74) is 5.22. The van der Waals surface area contributed by atoms with Crippen molar-refractivity contribution in [3.05, 3.63) is 0 Å². The van der Waals surface area contributed by atoms with E-state index in [1.165, 1.54) is 0 Å². The second-order valence-electron chi connectivity index (χ2n) is 2.58. The Hall–Kier alpha value is -0.490. The van der Waals surface area contributed by atoms with E-state index < -0.39 is 0 Å². The molecule has 0 bridgehead atoms. The summed E-state index contributed by atoms with van der Waals surface area (Å²) in [4.78, 5) is 9.90. The van der Waals surface area contributed by atoms with Gasteiger partial charge in [0.05, 0.1) is 39.6 Å². The van der Waals surface area contributed by atoms with Crippen molar-refractivity contribution in [1.82, 2.24) is 0 Å². The van der Waals surface area contributed by atoms with E-state index >= 15 is 0 Å². The van der Waals surface area contributed by atoms with Gasteiger partial charge in [-0.05, 0) is 0 Å². The minimum absolute atomic E-state index is 0.444. The fourth-order valence-corrected chi connectivity index (χ4v) is 0.757. The van der Waals surface area contributed by atoms with Crippen molar-refractivity contribution in [3.63, 3.8) is 0 Å². The van der Waals surface area contributed by atoms with Gasteiger partial charge in [-0.25, -0.2) is 0 Å². The number of ether oxygens (including phenoxy) is 3. The molecule has 5 heteroatoms. The molecule has 0 aliphatic heterocycles. The minimum Gasteiger partial charge on any atom is -0.379 e. The van der Waals surface area contributed by atoms with Crippen LogP contribution >= 0.6 is 0 Å². The van der Waals surface area contributed by atoms with Gasteiger partial charge in [-0.2, -0.15) is 0 Å². The number of hydrogen-bond donors (Lipinski definition) is 1. The number of rotatable bonds is 11. The van der Waals surface area contributed by atoms with Gasteiger partial charge >= 0.3 is 0 Å². The van der Waals surface area contributed by atoms with Crippen LogP contribution in [-0.4, -0.2) is 52.5 Å². The Labute approximate surface area is 84.5 Å². The maximum Gasteiger partial charge on any atom is 0.122 e. The van der Waals surface area contributed by atoms with Gasteiger partial charge in [0, 0.05) is 13.0 Å². The quantitative estimate of drug-likeness (QED) is 0.366. The highest BCUT2D eigenvalue weighted by Crippen LogP contribution is 1.82. The third-order valence-corrected chi connectivity index (χ3v) is 1.39. The van der Waals surface area contributed by atoms with E-state index in [2.05, 4.69) is 0 Å². The predicted octanol–water partition coefficient (Wildman–Crippen LogP) is -0.416. The van der Waals surface area contributed by atoms with Crippen LogP contribution in [-0.2, 0) is 19.0 Å². The summed E-state index contributed by atoms with van der Waals surface area (Å²) in [6.45, 7) is 3.74. The lowest BCUT2D eigenvalue weighted by Gasteiger charge is -2.05. The Bertz CT molecular complexity index is 121. The average molecular weight is 205 g/mol. The molecule has 0 amide bonds. The third kappa shape index (κ3) is 11.5. The van der Waals surface area contributed by atoms with Gasteiger partial charge in [-0.15, -0.1) is 0 Å². The summed E-state index contributed by atoms with van der Waals surface area (Å²) in [5.74, 6) is 0. The first kappa shape index (κ1) is 13.5. The van der Waals surface area contributed by atoms with Crippen LogP contribution < -0.4 is 5.73 Å². The fourth-order valence-electron chi connectivity index (χ4n) is 0.757. The average Bonchev–Trinajstić information content (AvgIpc) is 2.21. The molecule has 0 aliphatic carbocycles. The highest BCUT2D eigenvalue weighted by atomic mass is 16.5. The van der Waals surface area contributed by atoms with Crippen molar-refractivity contribution in [2.75, 3.05) is 46.2 Å². The van der Waals surface area contributed by atoms with Gasteiger partial charge in [0.15, 0.2) is 0 Å². The summed E-state index contributed by atoms with van der Waals surface area (Å²) in [7, 11) is 0. The SMILES string of the molecule is NCCOCCOCCOCCC=O. The van der Waals surface area contributed by atoms with Gasteiger partial charge in [-0.1, -0.05) is 0 Å². The van der Waals surface area contributed by atoms with Crippen LogP contribution in [0.2, 0.25) is 0 Å². The summed E-state index contributed by atoms with van der Waals surface area (Å²) >= 11 is 0. The second kappa shape index (κ2) is 12.5. The number of carbonyl (C=O) groups excluding carboxylic acids is 1. The van der Waals surface area contributed by atoms with Crippen molar-refractivity contribution < 1.29 is 19.0 Å². The molecule has 0 saturated carbocycles. The lowest BCUT2D eigenvalue weighted by Crippen LogP contribution is -2.13. The van der Waals surface area contributed by atoms with Crippen LogP contribution in [0.15, 0.2) is 0 Å². The van der Waals surface area contributed by atoms with Crippen molar-refractivity contribution in [2.24, 2.45) is 5.73 Å². The molecule has 0 aromatic carbocycles. The molecule has 0 atom stereocenters. The first-order valence-electron chi connectivity index (χ1n) is 4.78. The van der Waals surface area contributed by atoms with E-state index in [9.17, 15) is 4.79 Å². The Kier molecular flexibility index (Phi) is 12.1. The van der Waals surface area contributed by atoms with Gasteiger partial charge in [0.1, 0.15) is 6.29 Å². The van der Waals surface area contributed by atoms with Crippen molar-refractivity contribution in [1.29, 1.82) is 0 Å². The molecule has 0 unspecified atom stereocenters. The molecule has 0 aromatic rings. The van der Waals surface area contributed by atoms with Gasteiger partial charge in [0.2, 0.25) is 0 Å². The van der Waals surface area contributed by atoms with Crippen molar-refractivity contribution >= 4 is 6.29 Å². The Morgan fingerprint density at radius 3 is 1.86 bits per heavy atom. The molecule has 5 nitrogen and oxygen atoms in total. The topological polar surface area (TPSA) is 70.8 Å². The molecule has 0 saturated heterocycles. The smallest absolute Gasteiger partial charge is 0.122 e. The molecule has 0 rings (SSSR count). The monoisotopic (exact) mass is 205 g/mol. The molecule has 0 aromatic heterocycles. The van der Waals surface area contributed by atoms with Crippen LogP contribution in [0.1, 0.15) is 6.42 Å². The molecular formula is C9H19NO4. The normalized spacial score (nSPS) is 10.4. The molecular weight excluding hydrogens is 186 g/mol. The molecule has 84 valence electrons. The third-order valence-electron chi connectivity index (χ3n) is 1.39. The summed E-state index contributed by atoms with van der Waals surface area (Å²) in [6.07, 6.45) is 1.28. The largest absolute Gasteiger partial charge is 0.379 e. The fraction of sp³-hybridized carbons (Fsp3) is 0.889. The van der Waals surface area contributed by atoms with E-state index in [1.807, 2.05) is 0 Å². The Morgan fingerprint density at radius 2 is 1.36 bits per heavy atom. The zero-order chi connectivity index (χ0) is 10.5. The lowest BCUT2D eigenvalue weighted by atomic mass is 10.5. The molecule has 14 heavy (non-hydrogen) atoms. The Balaban J connectivity index is 2.81. The molecule has 0 heterocycles. The van der Waals surface area contributed by atoms with Crippen LogP contribution in [0, 0.1) is 0 Å². The minimum atomic E-state index is 0.444. The van der Waals surface area contributed by atoms with Crippen LogP contribution in [0.25, 0.3) is 0 Å². The first-order valence-corrected chi connectivity index (χ1v) is 4.78. The van der Waals surface area contributed by atoms with E-state index in [0.717, 1.165) is 6.29 Å². The zero-order valence-electron chi connectivity index (χ0n) is 8.44. The van der Waals surface area contributed by atoms with E-state index in [0.29, 0.717) is 52.6 Å². The summed E-state index contributed by atoms with van der Waals surface area (Å²) < 4.78 is 15.4. The molecule has 0 aliphatic rings. The highest BCUT2D eigenvalue weighted by Gasteiger charge is 1.90. The van der Waals surface area contributed by atoms with Gasteiger partial charge < -0.3 is 24.7 Å². The molecule has 0 fully saturated rings. The number of hydrogen-bond acceptors (Lipinski definition) is 5. The standard InChI is InChI=1S/C9H19NO4/c10-2-5-13-7-9-14-8-6-12-4-1-3-11/h3H,1-2,4-10H2. The van der Waals surface area contributed by atoms with Crippen LogP contribution in [0.4, 0.5) is 0 Å². The first-order chi connectivity index (χ1) is 6.91. The van der Waals surface area contributed by atoms with Crippen molar-refractivity contribution in [3.8, 4) is 0 Å². The molecule has 2 N–H and O–H groups in total. The maximum absolute atomic E-state index is 9.90. The maximum atomic E-state index is 9.90. The zero-order valence-corrected chi connectivity index (χ0v) is 8.44. The second-order valence-corrected chi connectivity index (χ2v) is 2.58. The predicted molar refractivity (Wildman–Crippen MR) is 52.2 cm³/mol. The molecule has 0 radical (unpaired) electrons. The lowest BCUT2D eigenvalue weighted by molar-refractivity contribution is -0.108.